The highest BCUT2D eigenvalue weighted by molar-refractivity contribution is 5.87. The van der Waals surface area contributed by atoms with Crippen LogP contribution in [-0.4, -0.2) is 85.5 Å². The molecule has 9 heteroatoms. The van der Waals surface area contributed by atoms with Gasteiger partial charge in [-0.1, -0.05) is 0 Å². The summed E-state index contributed by atoms with van der Waals surface area (Å²) in [5.41, 5.74) is 0.830. The standard InChI is InChI=1S/C24H33N5O4/c1-28-16-18(14-26-28)17-2-4-19(5-3-17)33-24-21-12-20(32-11-8-30)15-25-22(21)13-23(27-24)29-6-9-31-10-7-29/h12-15,17-19,30H,2-11,16H2,1H3/t17-,18?,19+. The number of aromatic nitrogens is 2. The number of pyridine rings is 2. The van der Waals surface area contributed by atoms with Crippen molar-refractivity contribution in [2.45, 2.75) is 31.8 Å². The molecular weight excluding hydrogens is 422 g/mol. The second kappa shape index (κ2) is 10.1. The number of aliphatic hydroxyl groups is 1. The van der Waals surface area contributed by atoms with Gasteiger partial charge in [-0.2, -0.15) is 10.1 Å². The van der Waals surface area contributed by atoms with Crippen molar-refractivity contribution in [3.63, 3.8) is 0 Å². The number of hydrogen-bond acceptors (Lipinski definition) is 9. The summed E-state index contributed by atoms with van der Waals surface area (Å²) >= 11 is 0. The lowest BCUT2D eigenvalue weighted by Crippen LogP contribution is -2.37. The van der Waals surface area contributed by atoms with Crippen molar-refractivity contribution in [1.82, 2.24) is 15.0 Å². The molecule has 1 unspecified atom stereocenters. The molecule has 0 bridgehead atoms. The summed E-state index contributed by atoms with van der Waals surface area (Å²) < 4.78 is 17.6. The SMILES string of the molecule is CN1CC([C@H]2CC[C@@H](Oc3nc(N4CCOCC4)cc4ncc(OCCO)cc34)CC2)C=N1. The summed E-state index contributed by atoms with van der Waals surface area (Å²) in [5.74, 6) is 3.31. The van der Waals surface area contributed by atoms with Crippen molar-refractivity contribution in [1.29, 1.82) is 0 Å². The smallest absolute Gasteiger partial charge is 0.225 e. The number of fused-ring (bicyclic) bond motifs is 1. The average molecular weight is 456 g/mol. The van der Waals surface area contributed by atoms with Gasteiger partial charge in [0.1, 0.15) is 24.3 Å². The van der Waals surface area contributed by atoms with Crippen molar-refractivity contribution >= 4 is 22.9 Å². The molecule has 0 aromatic carbocycles. The van der Waals surface area contributed by atoms with Gasteiger partial charge < -0.3 is 24.2 Å². The highest BCUT2D eigenvalue weighted by atomic mass is 16.5. The topological polar surface area (TPSA) is 92.5 Å². The van der Waals surface area contributed by atoms with Crippen LogP contribution in [-0.2, 0) is 4.74 Å². The zero-order chi connectivity index (χ0) is 22.6. The lowest BCUT2D eigenvalue weighted by molar-refractivity contribution is 0.114. The number of aliphatic hydroxyl groups excluding tert-OH is 1. The van der Waals surface area contributed by atoms with E-state index in [1.165, 1.54) is 0 Å². The van der Waals surface area contributed by atoms with E-state index in [1.807, 2.05) is 24.2 Å². The van der Waals surface area contributed by atoms with Crippen molar-refractivity contribution in [3.05, 3.63) is 18.3 Å². The summed E-state index contributed by atoms with van der Waals surface area (Å²) in [6.45, 7) is 4.21. The molecule has 5 rings (SSSR count). The van der Waals surface area contributed by atoms with Crippen LogP contribution in [0, 0.1) is 11.8 Å². The molecule has 178 valence electrons. The van der Waals surface area contributed by atoms with E-state index in [0.717, 1.165) is 62.0 Å². The second-order valence-corrected chi connectivity index (χ2v) is 9.12. The van der Waals surface area contributed by atoms with Crippen molar-refractivity contribution in [2.24, 2.45) is 16.9 Å². The minimum Gasteiger partial charge on any atom is -0.490 e. The van der Waals surface area contributed by atoms with E-state index in [0.29, 0.717) is 36.7 Å². The normalized spacial score (nSPS) is 25.6. The molecular formula is C24H33N5O4. The Morgan fingerprint density at radius 3 is 2.70 bits per heavy atom. The first-order valence-electron chi connectivity index (χ1n) is 12.0. The predicted octanol–water partition coefficient (Wildman–Crippen LogP) is 2.32. The molecule has 2 aliphatic heterocycles. The van der Waals surface area contributed by atoms with E-state index in [2.05, 4.69) is 21.2 Å². The Bertz CT molecular complexity index is 973. The van der Waals surface area contributed by atoms with Crippen LogP contribution in [0.5, 0.6) is 11.6 Å². The molecule has 2 aromatic heterocycles. The molecule has 1 atom stereocenters. The van der Waals surface area contributed by atoms with E-state index < -0.39 is 0 Å². The molecule has 0 radical (unpaired) electrons. The first-order valence-corrected chi connectivity index (χ1v) is 12.0. The van der Waals surface area contributed by atoms with Gasteiger partial charge in [0.05, 0.1) is 36.9 Å². The Morgan fingerprint density at radius 2 is 1.97 bits per heavy atom. The summed E-state index contributed by atoms with van der Waals surface area (Å²) in [6, 6.07) is 3.93. The lowest BCUT2D eigenvalue weighted by atomic mass is 9.79. The van der Waals surface area contributed by atoms with Crippen LogP contribution >= 0.6 is 0 Å². The number of morpholine rings is 1. The van der Waals surface area contributed by atoms with Gasteiger partial charge in [-0.25, -0.2) is 0 Å². The minimum atomic E-state index is -0.0413. The number of hydrogen-bond donors (Lipinski definition) is 1. The van der Waals surface area contributed by atoms with Crippen LogP contribution < -0.4 is 14.4 Å². The molecule has 2 aromatic rings. The van der Waals surface area contributed by atoms with E-state index in [9.17, 15) is 0 Å². The zero-order valence-corrected chi connectivity index (χ0v) is 19.2. The molecule has 2 fully saturated rings. The highest BCUT2D eigenvalue weighted by Crippen LogP contribution is 2.36. The van der Waals surface area contributed by atoms with Gasteiger partial charge in [-0.05, 0) is 37.7 Å². The van der Waals surface area contributed by atoms with E-state index in [1.54, 1.807) is 6.20 Å². The molecule has 3 aliphatic rings. The van der Waals surface area contributed by atoms with Crippen LogP contribution in [0.2, 0.25) is 0 Å². The van der Waals surface area contributed by atoms with Gasteiger partial charge in [0.25, 0.3) is 0 Å². The molecule has 1 saturated carbocycles. The first kappa shape index (κ1) is 22.2. The zero-order valence-electron chi connectivity index (χ0n) is 19.2. The predicted molar refractivity (Wildman–Crippen MR) is 126 cm³/mol. The number of rotatable bonds is 7. The molecule has 1 aliphatic carbocycles. The molecule has 0 spiro atoms. The Kier molecular flexibility index (Phi) is 6.78. The molecule has 1 saturated heterocycles. The third kappa shape index (κ3) is 5.14. The van der Waals surface area contributed by atoms with Crippen LogP contribution in [0.3, 0.4) is 0 Å². The van der Waals surface area contributed by atoms with Gasteiger partial charge in [0, 0.05) is 44.9 Å². The highest BCUT2D eigenvalue weighted by Gasteiger charge is 2.31. The van der Waals surface area contributed by atoms with Crippen molar-refractivity contribution < 1.29 is 19.3 Å². The summed E-state index contributed by atoms with van der Waals surface area (Å²) in [6.07, 6.45) is 8.24. The second-order valence-electron chi connectivity index (χ2n) is 9.12. The lowest BCUT2D eigenvalue weighted by Gasteiger charge is -2.32. The Labute approximate surface area is 194 Å². The van der Waals surface area contributed by atoms with Crippen molar-refractivity contribution in [2.75, 3.05) is 58.0 Å². The summed E-state index contributed by atoms with van der Waals surface area (Å²) in [4.78, 5) is 11.8. The van der Waals surface area contributed by atoms with Crippen molar-refractivity contribution in [3.8, 4) is 11.6 Å². The Hall–Kier alpha value is -2.65. The Morgan fingerprint density at radius 1 is 1.15 bits per heavy atom. The van der Waals surface area contributed by atoms with Gasteiger partial charge in [-0.3, -0.25) is 9.99 Å². The molecule has 4 heterocycles. The van der Waals surface area contributed by atoms with Gasteiger partial charge in [-0.15, -0.1) is 0 Å². The van der Waals surface area contributed by atoms with E-state index >= 15 is 0 Å². The third-order valence-corrected chi connectivity index (χ3v) is 6.83. The van der Waals surface area contributed by atoms with Crippen LogP contribution in [0.4, 0.5) is 5.82 Å². The van der Waals surface area contributed by atoms with Crippen LogP contribution in [0.15, 0.2) is 23.4 Å². The van der Waals surface area contributed by atoms with Crippen LogP contribution in [0.1, 0.15) is 25.7 Å². The fourth-order valence-corrected chi connectivity index (χ4v) is 5.01. The number of nitrogens with zero attached hydrogens (tertiary/aromatic N) is 5. The molecule has 9 nitrogen and oxygen atoms in total. The summed E-state index contributed by atoms with van der Waals surface area (Å²) in [5, 5.41) is 16.4. The first-order chi connectivity index (χ1) is 16.2. The molecule has 1 N–H and O–H groups in total. The fraction of sp³-hybridized carbons (Fsp3) is 0.625. The summed E-state index contributed by atoms with van der Waals surface area (Å²) in [7, 11) is 2.04. The van der Waals surface area contributed by atoms with Gasteiger partial charge >= 0.3 is 0 Å². The maximum absolute atomic E-state index is 9.10. The maximum Gasteiger partial charge on any atom is 0.225 e. The minimum absolute atomic E-state index is 0.0413. The number of ether oxygens (including phenoxy) is 3. The third-order valence-electron chi connectivity index (χ3n) is 6.83. The molecule has 33 heavy (non-hydrogen) atoms. The Balaban J connectivity index is 1.35. The van der Waals surface area contributed by atoms with E-state index in [-0.39, 0.29) is 19.3 Å². The monoisotopic (exact) mass is 455 g/mol. The maximum atomic E-state index is 9.10. The quantitative estimate of drug-likeness (QED) is 0.680. The van der Waals surface area contributed by atoms with Gasteiger partial charge in [0.2, 0.25) is 5.88 Å². The fourth-order valence-electron chi connectivity index (χ4n) is 5.01. The van der Waals surface area contributed by atoms with Gasteiger partial charge in [0.15, 0.2) is 0 Å². The molecule has 0 amide bonds. The van der Waals surface area contributed by atoms with E-state index in [4.69, 9.17) is 24.3 Å². The number of anilines is 1. The average Bonchev–Trinajstić information content (AvgIpc) is 3.30. The van der Waals surface area contributed by atoms with Crippen LogP contribution in [0.25, 0.3) is 10.9 Å². The number of hydrazone groups is 1. The largest absolute Gasteiger partial charge is 0.490 e.